The maximum Gasteiger partial charge on any atom is 0.159 e. The Bertz CT molecular complexity index is 754. The zero-order chi connectivity index (χ0) is 16.5. The smallest absolute Gasteiger partial charge is 0.159 e. The number of allylic oxidation sites excluding steroid dienone is 1. The lowest BCUT2D eigenvalue weighted by atomic mass is 9.98. The third-order valence-corrected chi connectivity index (χ3v) is 5.29. The second-order valence-corrected chi connectivity index (χ2v) is 6.97. The summed E-state index contributed by atoms with van der Waals surface area (Å²) in [5.74, 6) is -0.870. The number of benzene rings is 2. The van der Waals surface area contributed by atoms with Gasteiger partial charge in [0.15, 0.2) is 11.6 Å². The molecule has 2 aromatic rings. The van der Waals surface area contributed by atoms with E-state index >= 15 is 0 Å². The fraction of sp³-hybridized carbons (Fsp3) is 0.333. The summed E-state index contributed by atoms with van der Waals surface area (Å²) in [6.45, 7) is 2.09. The van der Waals surface area contributed by atoms with Gasteiger partial charge in [0.1, 0.15) is 0 Å². The summed E-state index contributed by atoms with van der Waals surface area (Å²) in [6, 6.07) is 15.3. The van der Waals surface area contributed by atoms with E-state index in [-0.39, 0.29) is 0 Å². The van der Waals surface area contributed by atoms with Gasteiger partial charge in [-0.05, 0) is 54.0 Å². The maximum atomic E-state index is 13.6. The van der Waals surface area contributed by atoms with Gasteiger partial charge in [0.25, 0.3) is 0 Å². The summed E-state index contributed by atoms with van der Waals surface area (Å²) < 4.78 is 26.8. The Balaban J connectivity index is 1.53. The Labute approximate surface area is 141 Å². The van der Waals surface area contributed by atoms with E-state index < -0.39 is 11.6 Å². The molecule has 0 aromatic heterocycles. The van der Waals surface area contributed by atoms with Crippen LogP contribution in [0.25, 0.3) is 5.57 Å². The van der Waals surface area contributed by atoms with Gasteiger partial charge in [-0.25, -0.2) is 8.78 Å². The second-order valence-electron chi connectivity index (χ2n) is 6.97. The minimum atomic E-state index is -0.778. The first-order chi connectivity index (χ1) is 11.7. The van der Waals surface area contributed by atoms with Crippen LogP contribution in [0.4, 0.5) is 8.78 Å². The van der Waals surface area contributed by atoms with Crippen LogP contribution in [0.2, 0.25) is 0 Å². The first kappa shape index (κ1) is 15.5. The lowest BCUT2D eigenvalue weighted by molar-refractivity contribution is 0.243. The Hall–Kier alpha value is -2.00. The van der Waals surface area contributed by atoms with Crippen molar-refractivity contribution < 1.29 is 8.78 Å². The van der Waals surface area contributed by atoms with Crippen LogP contribution in [0.15, 0.2) is 54.6 Å². The average Bonchev–Trinajstić information content (AvgIpc) is 2.82. The van der Waals surface area contributed by atoms with Gasteiger partial charge in [-0.1, -0.05) is 42.5 Å². The summed E-state index contributed by atoms with van der Waals surface area (Å²) in [4.78, 5) is 2.55. The molecular weight excluding hydrogens is 304 g/mol. The van der Waals surface area contributed by atoms with E-state index in [0.29, 0.717) is 12.0 Å². The zero-order valence-corrected chi connectivity index (χ0v) is 13.6. The maximum absolute atomic E-state index is 13.6. The molecule has 1 heterocycles. The largest absolute Gasteiger partial charge is 0.296 e. The molecule has 124 valence electrons. The molecular formula is C21H21F2N. The molecule has 0 spiro atoms. The van der Waals surface area contributed by atoms with Crippen molar-refractivity contribution in [1.82, 2.24) is 4.90 Å². The van der Waals surface area contributed by atoms with Gasteiger partial charge in [0, 0.05) is 19.1 Å². The molecule has 3 heteroatoms. The van der Waals surface area contributed by atoms with Crippen LogP contribution in [-0.2, 0) is 6.54 Å². The van der Waals surface area contributed by atoms with E-state index in [1.807, 2.05) is 6.07 Å². The molecule has 0 N–H and O–H groups in total. The van der Waals surface area contributed by atoms with Gasteiger partial charge in [-0.15, -0.1) is 0 Å². The number of nitrogens with zero attached hydrogens (tertiary/aromatic N) is 1. The minimum absolute atomic E-state index is 0.483. The van der Waals surface area contributed by atoms with Crippen LogP contribution in [0.3, 0.4) is 0 Å². The fourth-order valence-corrected chi connectivity index (χ4v) is 4.06. The topological polar surface area (TPSA) is 3.24 Å². The van der Waals surface area contributed by atoms with Gasteiger partial charge in [-0.2, -0.15) is 0 Å². The normalized spacial score (nSPS) is 23.8. The van der Waals surface area contributed by atoms with Crippen LogP contribution in [0.5, 0.6) is 0 Å². The van der Waals surface area contributed by atoms with Crippen LogP contribution in [0.1, 0.15) is 30.4 Å². The van der Waals surface area contributed by atoms with E-state index in [1.54, 1.807) is 6.07 Å². The molecule has 1 fully saturated rings. The number of hydrogen-bond acceptors (Lipinski definition) is 1. The molecule has 24 heavy (non-hydrogen) atoms. The van der Waals surface area contributed by atoms with E-state index in [2.05, 4.69) is 35.2 Å². The van der Waals surface area contributed by atoms with Gasteiger partial charge < -0.3 is 0 Å². The molecule has 2 unspecified atom stereocenters. The highest BCUT2D eigenvalue weighted by atomic mass is 19.2. The third kappa shape index (κ3) is 3.13. The summed E-state index contributed by atoms with van der Waals surface area (Å²) in [7, 11) is 0. The predicted molar refractivity (Wildman–Crippen MR) is 92.3 cm³/mol. The van der Waals surface area contributed by atoms with Crippen LogP contribution < -0.4 is 0 Å². The molecule has 4 rings (SSSR count). The van der Waals surface area contributed by atoms with Crippen LogP contribution in [0, 0.1) is 17.6 Å². The lowest BCUT2D eigenvalue weighted by Gasteiger charge is -2.26. The van der Waals surface area contributed by atoms with Crippen molar-refractivity contribution in [3.05, 3.63) is 77.4 Å². The van der Waals surface area contributed by atoms with E-state index in [1.165, 1.54) is 24.1 Å². The Morgan fingerprint density at radius 3 is 2.62 bits per heavy atom. The molecule has 0 amide bonds. The Morgan fingerprint density at radius 1 is 1.00 bits per heavy atom. The molecule has 2 bridgehead atoms. The number of fused-ring (bicyclic) bond motifs is 2. The zero-order valence-electron chi connectivity index (χ0n) is 13.6. The molecule has 2 aliphatic rings. The first-order valence-corrected chi connectivity index (χ1v) is 8.61. The van der Waals surface area contributed by atoms with Crippen LogP contribution in [-0.4, -0.2) is 17.5 Å². The van der Waals surface area contributed by atoms with Crippen molar-refractivity contribution in [2.24, 2.45) is 5.92 Å². The number of halogens is 2. The average molecular weight is 325 g/mol. The Morgan fingerprint density at radius 2 is 1.83 bits per heavy atom. The SMILES string of the molecule is Fc1ccc(C2=CCC3CC(C2)N(Cc2ccccc2)C3)cc1F. The van der Waals surface area contributed by atoms with Crippen LogP contribution >= 0.6 is 0 Å². The molecule has 2 atom stereocenters. The molecule has 1 aliphatic carbocycles. The van der Waals surface area contributed by atoms with Gasteiger partial charge >= 0.3 is 0 Å². The van der Waals surface area contributed by atoms with Crippen molar-refractivity contribution in [2.45, 2.75) is 31.8 Å². The standard InChI is InChI=1S/C21H21F2N/c22-20-9-8-18(12-21(20)23)17-7-6-16-10-19(11-17)24(14-16)13-15-4-2-1-3-5-15/h1-5,7-9,12,16,19H,6,10-11,13-14H2. The van der Waals surface area contributed by atoms with Crippen molar-refractivity contribution in [3.63, 3.8) is 0 Å². The third-order valence-electron chi connectivity index (χ3n) is 5.29. The first-order valence-electron chi connectivity index (χ1n) is 8.61. The van der Waals surface area contributed by atoms with Gasteiger partial charge in [0.05, 0.1) is 0 Å². The van der Waals surface area contributed by atoms with E-state index in [9.17, 15) is 8.78 Å². The second kappa shape index (κ2) is 6.48. The molecule has 1 saturated heterocycles. The molecule has 0 saturated carbocycles. The molecule has 0 radical (unpaired) electrons. The monoisotopic (exact) mass is 325 g/mol. The van der Waals surface area contributed by atoms with Crippen molar-refractivity contribution in [3.8, 4) is 0 Å². The number of hydrogen-bond donors (Lipinski definition) is 0. The lowest BCUT2D eigenvalue weighted by Crippen LogP contribution is -2.29. The number of rotatable bonds is 3. The quantitative estimate of drug-likeness (QED) is 0.765. The van der Waals surface area contributed by atoms with E-state index in [4.69, 9.17) is 0 Å². The number of likely N-dealkylation sites (tertiary alicyclic amines) is 1. The van der Waals surface area contributed by atoms with Crippen molar-refractivity contribution >= 4 is 5.57 Å². The highest BCUT2D eigenvalue weighted by Gasteiger charge is 2.34. The minimum Gasteiger partial charge on any atom is -0.296 e. The summed E-state index contributed by atoms with van der Waals surface area (Å²) >= 11 is 0. The van der Waals surface area contributed by atoms with Crippen molar-refractivity contribution in [2.75, 3.05) is 6.54 Å². The molecule has 2 aromatic carbocycles. The predicted octanol–water partition coefficient (Wildman–Crippen LogP) is 5.03. The van der Waals surface area contributed by atoms with Gasteiger partial charge in [0.2, 0.25) is 0 Å². The molecule has 1 nitrogen and oxygen atoms in total. The highest BCUT2D eigenvalue weighted by molar-refractivity contribution is 5.66. The molecule has 1 aliphatic heterocycles. The van der Waals surface area contributed by atoms with Crippen molar-refractivity contribution in [1.29, 1.82) is 0 Å². The van der Waals surface area contributed by atoms with E-state index in [0.717, 1.165) is 37.1 Å². The highest BCUT2D eigenvalue weighted by Crippen LogP contribution is 2.38. The van der Waals surface area contributed by atoms with Gasteiger partial charge in [-0.3, -0.25) is 4.90 Å². The summed E-state index contributed by atoms with van der Waals surface area (Å²) in [6.07, 6.45) is 5.36. The fourth-order valence-electron chi connectivity index (χ4n) is 4.06. The summed E-state index contributed by atoms with van der Waals surface area (Å²) in [5.41, 5.74) is 3.31. The Kier molecular flexibility index (Phi) is 4.19. The summed E-state index contributed by atoms with van der Waals surface area (Å²) in [5, 5.41) is 0.